The lowest BCUT2D eigenvalue weighted by atomic mass is 10.1. The number of hydrogen-bond acceptors (Lipinski definition) is 2. The second-order valence-corrected chi connectivity index (χ2v) is 4.37. The molecule has 0 bridgehead atoms. The van der Waals surface area contributed by atoms with Gasteiger partial charge in [0.1, 0.15) is 0 Å². The molecule has 0 heterocycles. The molecule has 0 aromatic heterocycles. The second kappa shape index (κ2) is 6.20. The molecule has 4 nitrogen and oxygen atoms in total. The average molecular weight is 298 g/mol. The van der Waals surface area contributed by atoms with Crippen molar-refractivity contribution in [1.29, 1.82) is 0 Å². The van der Waals surface area contributed by atoms with E-state index in [0.717, 1.165) is 22.2 Å². The molecule has 2 N–H and O–H groups in total. The summed E-state index contributed by atoms with van der Waals surface area (Å²) >= 11 is 3.32. The quantitative estimate of drug-likeness (QED) is 0.838. The molecule has 0 radical (unpaired) electrons. The van der Waals surface area contributed by atoms with Crippen molar-refractivity contribution in [3.05, 3.63) is 46.5 Å². The van der Waals surface area contributed by atoms with Gasteiger partial charge in [0.2, 0.25) is 5.91 Å². The van der Waals surface area contributed by atoms with Crippen LogP contribution in [0.4, 0.5) is 0 Å². The molecule has 90 valence electrons. The van der Waals surface area contributed by atoms with Gasteiger partial charge in [0.05, 0.1) is 6.04 Å². The number of aliphatic carboxylic acids is 1. The number of amides is 1. The smallest absolute Gasteiger partial charge is 0.328 e. The predicted molar refractivity (Wildman–Crippen MR) is 67.5 cm³/mol. The number of carbonyl (C=O) groups excluding carboxylic acids is 1. The summed E-state index contributed by atoms with van der Waals surface area (Å²) in [7, 11) is 0. The number of carbonyl (C=O) groups is 2. The Kier molecular flexibility index (Phi) is 4.90. The van der Waals surface area contributed by atoms with Crippen molar-refractivity contribution >= 4 is 27.8 Å². The molecule has 1 atom stereocenters. The monoisotopic (exact) mass is 297 g/mol. The van der Waals surface area contributed by atoms with E-state index in [0.29, 0.717) is 0 Å². The summed E-state index contributed by atoms with van der Waals surface area (Å²) in [6, 6.07) is 7.36. The van der Waals surface area contributed by atoms with Gasteiger partial charge < -0.3 is 10.4 Å². The van der Waals surface area contributed by atoms with Gasteiger partial charge in [-0.1, -0.05) is 28.1 Å². The topological polar surface area (TPSA) is 66.4 Å². The molecule has 0 fully saturated rings. The third-order valence-corrected chi connectivity index (χ3v) is 2.63. The summed E-state index contributed by atoms with van der Waals surface area (Å²) in [6.45, 7) is 1.83. The minimum absolute atomic E-state index is 0.172. The Bertz CT molecular complexity index is 440. The molecule has 0 saturated heterocycles. The van der Waals surface area contributed by atoms with Crippen molar-refractivity contribution in [2.24, 2.45) is 0 Å². The maximum absolute atomic E-state index is 11.3. The number of benzene rings is 1. The van der Waals surface area contributed by atoms with Gasteiger partial charge in [0.25, 0.3) is 0 Å². The van der Waals surface area contributed by atoms with E-state index in [4.69, 9.17) is 5.11 Å². The van der Waals surface area contributed by atoms with Crippen LogP contribution in [0.15, 0.2) is 40.9 Å². The minimum Gasteiger partial charge on any atom is -0.478 e. The van der Waals surface area contributed by atoms with Crippen LogP contribution in [0.1, 0.15) is 18.5 Å². The van der Waals surface area contributed by atoms with E-state index < -0.39 is 11.9 Å². The molecular weight excluding hydrogens is 286 g/mol. The molecule has 5 heteroatoms. The van der Waals surface area contributed by atoms with Gasteiger partial charge in [-0.2, -0.15) is 0 Å². The zero-order valence-electron chi connectivity index (χ0n) is 9.18. The molecule has 1 rings (SSSR count). The van der Waals surface area contributed by atoms with E-state index >= 15 is 0 Å². The SMILES string of the molecule is C[C@H](NC(=O)/C=C/C(=O)O)c1ccc(Br)cc1. The van der Waals surface area contributed by atoms with Crippen LogP contribution in [0.2, 0.25) is 0 Å². The summed E-state index contributed by atoms with van der Waals surface area (Å²) < 4.78 is 0.963. The number of nitrogens with one attached hydrogen (secondary N) is 1. The van der Waals surface area contributed by atoms with Gasteiger partial charge in [-0.15, -0.1) is 0 Å². The summed E-state index contributed by atoms with van der Waals surface area (Å²) in [5.41, 5.74) is 0.949. The minimum atomic E-state index is -1.14. The Hall–Kier alpha value is -1.62. The van der Waals surface area contributed by atoms with Crippen LogP contribution in [0.3, 0.4) is 0 Å². The van der Waals surface area contributed by atoms with Crippen LogP contribution >= 0.6 is 15.9 Å². The van der Waals surface area contributed by atoms with Crippen molar-refractivity contribution in [3.8, 4) is 0 Å². The first kappa shape index (κ1) is 13.4. The fourth-order valence-electron chi connectivity index (χ4n) is 1.24. The van der Waals surface area contributed by atoms with Crippen molar-refractivity contribution in [1.82, 2.24) is 5.32 Å². The van der Waals surface area contributed by atoms with Crippen LogP contribution in [-0.4, -0.2) is 17.0 Å². The number of hydrogen-bond donors (Lipinski definition) is 2. The maximum atomic E-state index is 11.3. The Morgan fingerprint density at radius 2 is 1.88 bits per heavy atom. The summed E-state index contributed by atoms with van der Waals surface area (Å²) in [4.78, 5) is 21.6. The van der Waals surface area contributed by atoms with Crippen molar-refractivity contribution in [2.45, 2.75) is 13.0 Å². The van der Waals surface area contributed by atoms with Gasteiger partial charge in [0, 0.05) is 16.6 Å². The van der Waals surface area contributed by atoms with E-state index in [1.54, 1.807) is 0 Å². The fraction of sp³-hybridized carbons (Fsp3) is 0.167. The molecule has 1 aromatic rings. The molecule has 0 unspecified atom stereocenters. The lowest BCUT2D eigenvalue weighted by molar-refractivity contribution is -0.131. The van der Waals surface area contributed by atoms with Crippen molar-refractivity contribution in [2.75, 3.05) is 0 Å². The fourth-order valence-corrected chi connectivity index (χ4v) is 1.51. The van der Waals surface area contributed by atoms with Gasteiger partial charge >= 0.3 is 5.97 Å². The molecule has 0 spiro atoms. The predicted octanol–water partition coefficient (Wildman–Crippen LogP) is 2.27. The van der Waals surface area contributed by atoms with Gasteiger partial charge in [-0.05, 0) is 24.6 Å². The number of carboxylic acid groups (broad SMARTS) is 1. The van der Waals surface area contributed by atoms with Crippen LogP contribution < -0.4 is 5.32 Å². The van der Waals surface area contributed by atoms with Gasteiger partial charge in [0.15, 0.2) is 0 Å². The molecular formula is C12H12BrNO3. The van der Waals surface area contributed by atoms with E-state index in [9.17, 15) is 9.59 Å². The highest BCUT2D eigenvalue weighted by molar-refractivity contribution is 9.10. The summed E-state index contributed by atoms with van der Waals surface area (Å²) in [6.07, 6.45) is 1.81. The van der Waals surface area contributed by atoms with Crippen LogP contribution in [0.5, 0.6) is 0 Å². The molecule has 1 aromatic carbocycles. The number of carboxylic acids is 1. The van der Waals surface area contributed by atoms with Crippen LogP contribution in [-0.2, 0) is 9.59 Å². The van der Waals surface area contributed by atoms with Crippen LogP contribution in [0.25, 0.3) is 0 Å². The van der Waals surface area contributed by atoms with Gasteiger partial charge in [-0.3, -0.25) is 4.79 Å². The van der Waals surface area contributed by atoms with E-state index in [1.807, 2.05) is 31.2 Å². The molecule has 0 aliphatic heterocycles. The van der Waals surface area contributed by atoms with Crippen LogP contribution in [0, 0.1) is 0 Å². The summed E-state index contributed by atoms with van der Waals surface area (Å²) in [5.74, 6) is -1.57. The molecule has 17 heavy (non-hydrogen) atoms. The first-order valence-corrected chi connectivity index (χ1v) is 5.75. The molecule has 0 aliphatic rings. The zero-order chi connectivity index (χ0) is 12.8. The largest absolute Gasteiger partial charge is 0.478 e. The molecule has 0 saturated carbocycles. The van der Waals surface area contributed by atoms with Crippen molar-refractivity contribution < 1.29 is 14.7 Å². The second-order valence-electron chi connectivity index (χ2n) is 3.45. The Balaban J connectivity index is 2.60. The standard InChI is InChI=1S/C12H12BrNO3/c1-8(9-2-4-10(13)5-3-9)14-11(15)6-7-12(16)17/h2-8H,1H3,(H,14,15)(H,16,17)/b7-6+/t8-/m0/s1. The molecule has 1 amide bonds. The molecule has 0 aliphatic carbocycles. The highest BCUT2D eigenvalue weighted by Gasteiger charge is 2.07. The third kappa shape index (κ3) is 4.82. The van der Waals surface area contributed by atoms with Gasteiger partial charge in [-0.25, -0.2) is 4.79 Å². The van der Waals surface area contributed by atoms with E-state index in [2.05, 4.69) is 21.2 Å². The van der Waals surface area contributed by atoms with Crippen molar-refractivity contribution in [3.63, 3.8) is 0 Å². The Morgan fingerprint density at radius 3 is 2.41 bits per heavy atom. The Labute approximate surface area is 107 Å². The lowest BCUT2D eigenvalue weighted by Gasteiger charge is -2.12. The Morgan fingerprint density at radius 1 is 1.29 bits per heavy atom. The zero-order valence-corrected chi connectivity index (χ0v) is 10.8. The number of halogens is 1. The first-order valence-electron chi connectivity index (χ1n) is 4.96. The average Bonchev–Trinajstić information content (AvgIpc) is 2.27. The highest BCUT2D eigenvalue weighted by Crippen LogP contribution is 2.16. The number of rotatable bonds is 4. The van der Waals surface area contributed by atoms with E-state index in [1.165, 1.54) is 0 Å². The normalized spacial score (nSPS) is 12.4. The maximum Gasteiger partial charge on any atom is 0.328 e. The van der Waals surface area contributed by atoms with E-state index in [-0.39, 0.29) is 6.04 Å². The first-order chi connectivity index (χ1) is 7.99. The lowest BCUT2D eigenvalue weighted by Crippen LogP contribution is -2.24. The highest BCUT2D eigenvalue weighted by atomic mass is 79.9. The summed E-state index contributed by atoms with van der Waals surface area (Å²) in [5, 5.41) is 11.0. The third-order valence-electron chi connectivity index (χ3n) is 2.11.